The molecule has 1 saturated carbocycles. The fourth-order valence-electron chi connectivity index (χ4n) is 4.21. The molecule has 0 radical (unpaired) electrons. The lowest BCUT2D eigenvalue weighted by molar-refractivity contribution is 0.315. The van der Waals surface area contributed by atoms with Gasteiger partial charge in [-0.25, -0.2) is 0 Å². The third kappa shape index (κ3) is 6.52. The Hall–Kier alpha value is -2.48. The molecule has 0 spiro atoms. The average molecular weight is 387 g/mol. The third-order valence-corrected chi connectivity index (χ3v) is 6.11. The van der Waals surface area contributed by atoms with Gasteiger partial charge in [0.15, 0.2) is 0 Å². The zero-order valence-corrected chi connectivity index (χ0v) is 17.8. The monoisotopic (exact) mass is 386 g/mol. The molecule has 29 heavy (non-hydrogen) atoms. The predicted octanol–water partition coefficient (Wildman–Crippen LogP) is 7.23. The second-order valence-electron chi connectivity index (χ2n) is 8.14. The number of rotatable bonds is 9. The van der Waals surface area contributed by atoms with Crippen molar-refractivity contribution in [1.29, 1.82) is 0 Å². The zero-order valence-electron chi connectivity index (χ0n) is 17.8. The van der Waals surface area contributed by atoms with E-state index in [1.165, 1.54) is 43.2 Å². The van der Waals surface area contributed by atoms with Crippen LogP contribution in [-0.4, -0.2) is 11.9 Å². The zero-order chi connectivity index (χ0) is 20.3. The van der Waals surface area contributed by atoms with Gasteiger partial charge in [0.1, 0.15) is 0 Å². The van der Waals surface area contributed by atoms with Gasteiger partial charge >= 0.3 is 0 Å². The summed E-state index contributed by atoms with van der Waals surface area (Å²) in [5.74, 6) is 1.40. The first-order valence-electron chi connectivity index (χ1n) is 11.2. The summed E-state index contributed by atoms with van der Waals surface area (Å²) in [4.78, 5) is 0. The van der Waals surface area contributed by atoms with Crippen molar-refractivity contribution in [3.63, 3.8) is 0 Å². The molecule has 2 nitrogen and oxygen atoms in total. The molecule has 1 aliphatic rings. The van der Waals surface area contributed by atoms with Gasteiger partial charge in [0.2, 0.25) is 0 Å². The van der Waals surface area contributed by atoms with E-state index in [0.717, 1.165) is 36.5 Å². The normalized spacial score (nSPS) is 20.1. The summed E-state index contributed by atoms with van der Waals surface area (Å²) in [6, 6.07) is 19.2. The van der Waals surface area contributed by atoms with E-state index in [0.29, 0.717) is 5.92 Å². The first-order valence-corrected chi connectivity index (χ1v) is 11.2. The molecule has 0 saturated heterocycles. The number of benzene rings is 2. The number of nitrogens with zero attached hydrogens (tertiary/aromatic N) is 2. The second-order valence-corrected chi connectivity index (χ2v) is 8.14. The maximum Gasteiger partial charge on any atom is 0.0733 e. The predicted molar refractivity (Wildman–Crippen MR) is 126 cm³/mol. The lowest BCUT2D eigenvalue weighted by atomic mass is 9.77. The van der Waals surface area contributed by atoms with Gasteiger partial charge in [-0.15, -0.1) is 6.58 Å². The Balaban J connectivity index is 1.70. The molecule has 0 bridgehead atoms. The summed E-state index contributed by atoms with van der Waals surface area (Å²) in [6.07, 6.45) is 13.6. The lowest BCUT2D eigenvalue weighted by Crippen LogP contribution is -2.22. The van der Waals surface area contributed by atoms with Crippen LogP contribution in [0.15, 0.2) is 77.5 Å². The molecule has 0 amide bonds. The summed E-state index contributed by atoms with van der Waals surface area (Å²) in [5.41, 5.74) is 4.83. The van der Waals surface area contributed by atoms with Crippen LogP contribution in [0.5, 0.6) is 0 Å². The van der Waals surface area contributed by atoms with E-state index in [9.17, 15) is 0 Å². The molecule has 0 unspecified atom stereocenters. The summed E-state index contributed by atoms with van der Waals surface area (Å²) in [6.45, 7) is 6.10. The minimum Gasteiger partial charge on any atom is -0.158 e. The van der Waals surface area contributed by atoms with Crippen LogP contribution in [0.25, 0.3) is 0 Å². The van der Waals surface area contributed by atoms with Crippen molar-refractivity contribution < 1.29 is 0 Å². The Morgan fingerprint density at radius 2 is 1.72 bits per heavy atom. The Labute approximate surface area is 176 Å². The summed E-state index contributed by atoms with van der Waals surface area (Å²) in [7, 11) is 0. The summed E-state index contributed by atoms with van der Waals surface area (Å²) in [5, 5.41) is 9.21. The molecule has 0 N–H and O–H groups in total. The van der Waals surface area contributed by atoms with Crippen molar-refractivity contribution in [3.05, 3.63) is 83.9 Å². The molecule has 0 heterocycles. The first-order chi connectivity index (χ1) is 14.3. The van der Waals surface area contributed by atoms with E-state index in [2.05, 4.69) is 73.2 Å². The first kappa shape index (κ1) is 21.2. The minimum absolute atomic E-state index is 0.518. The number of hydrogen-bond donors (Lipinski definition) is 0. The molecular formula is C27H34N2. The minimum atomic E-state index is 0.518. The van der Waals surface area contributed by atoms with Gasteiger partial charge in [0.25, 0.3) is 0 Å². The molecular weight excluding hydrogens is 352 g/mol. The Kier molecular flexibility index (Phi) is 8.42. The van der Waals surface area contributed by atoms with E-state index in [1.807, 2.05) is 12.3 Å². The highest BCUT2D eigenvalue weighted by atomic mass is 15.2. The van der Waals surface area contributed by atoms with Crippen LogP contribution in [-0.2, 0) is 6.42 Å². The molecule has 2 aromatic rings. The molecule has 1 fully saturated rings. The van der Waals surface area contributed by atoms with Gasteiger partial charge in [-0.1, -0.05) is 74.0 Å². The summed E-state index contributed by atoms with van der Waals surface area (Å²) >= 11 is 0. The number of allylic oxidation sites excluding steroid dienone is 1. The van der Waals surface area contributed by atoms with Crippen LogP contribution >= 0.6 is 0 Å². The van der Waals surface area contributed by atoms with Crippen molar-refractivity contribution in [1.82, 2.24) is 0 Å². The largest absolute Gasteiger partial charge is 0.158 e. The van der Waals surface area contributed by atoms with Gasteiger partial charge in [0, 0.05) is 5.92 Å². The number of aryl methyl sites for hydroxylation is 1. The highest BCUT2D eigenvalue weighted by Gasteiger charge is 2.25. The summed E-state index contributed by atoms with van der Waals surface area (Å²) < 4.78 is 0. The standard InChI is InChI=1S/C27H34N2/c1-3-5-7-10-23-13-15-24(16-14-23)21-28-29-27(25-11-8-6-9-12-25)26-19-17-22(4-2)18-20-26/h3,6,8-9,11-16,21-22,26H,1,4-5,7,10,17-20H2,2H3. The van der Waals surface area contributed by atoms with E-state index < -0.39 is 0 Å². The second kappa shape index (κ2) is 11.5. The van der Waals surface area contributed by atoms with Crippen molar-refractivity contribution >= 4 is 11.9 Å². The fourth-order valence-corrected chi connectivity index (χ4v) is 4.21. The molecule has 1 aliphatic carbocycles. The maximum atomic E-state index is 4.72. The van der Waals surface area contributed by atoms with E-state index >= 15 is 0 Å². The van der Waals surface area contributed by atoms with E-state index in [4.69, 9.17) is 5.10 Å². The number of hydrogen-bond acceptors (Lipinski definition) is 2. The fraction of sp³-hybridized carbons (Fsp3) is 0.407. The van der Waals surface area contributed by atoms with Gasteiger partial charge in [-0.05, 0) is 67.6 Å². The van der Waals surface area contributed by atoms with Gasteiger partial charge in [-0.3, -0.25) is 0 Å². The van der Waals surface area contributed by atoms with Crippen molar-refractivity contribution in [2.75, 3.05) is 0 Å². The third-order valence-electron chi connectivity index (χ3n) is 6.11. The Morgan fingerprint density at radius 1 is 1.00 bits per heavy atom. The number of unbranched alkanes of at least 4 members (excludes halogenated alkanes) is 1. The van der Waals surface area contributed by atoms with Crippen molar-refractivity contribution in [2.45, 2.75) is 58.3 Å². The van der Waals surface area contributed by atoms with Crippen LogP contribution in [0, 0.1) is 11.8 Å². The maximum absolute atomic E-state index is 4.72. The molecule has 0 aromatic heterocycles. The van der Waals surface area contributed by atoms with Crippen LogP contribution in [0.4, 0.5) is 0 Å². The van der Waals surface area contributed by atoms with Crippen LogP contribution in [0.3, 0.4) is 0 Å². The highest BCUT2D eigenvalue weighted by Crippen LogP contribution is 2.33. The van der Waals surface area contributed by atoms with Gasteiger partial charge in [-0.2, -0.15) is 10.2 Å². The van der Waals surface area contributed by atoms with Crippen molar-refractivity contribution in [2.24, 2.45) is 22.0 Å². The van der Waals surface area contributed by atoms with E-state index in [-0.39, 0.29) is 0 Å². The van der Waals surface area contributed by atoms with Crippen molar-refractivity contribution in [3.8, 4) is 0 Å². The Morgan fingerprint density at radius 3 is 2.38 bits per heavy atom. The lowest BCUT2D eigenvalue weighted by Gasteiger charge is -2.28. The van der Waals surface area contributed by atoms with Gasteiger partial charge < -0.3 is 0 Å². The smallest absolute Gasteiger partial charge is 0.0733 e. The highest BCUT2D eigenvalue weighted by molar-refractivity contribution is 6.02. The van der Waals surface area contributed by atoms with Crippen LogP contribution < -0.4 is 0 Å². The molecule has 0 aliphatic heterocycles. The van der Waals surface area contributed by atoms with E-state index in [1.54, 1.807) is 0 Å². The molecule has 152 valence electrons. The van der Waals surface area contributed by atoms with Crippen LogP contribution in [0.1, 0.15) is 68.6 Å². The molecule has 2 heteroatoms. The molecule has 0 atom stereocenters. The van der Waals surface area contributed by atoms with Crippen LogP contribution in [0.2, 0.25) is 0 Å². The topological polar surface area (TPSA) is 24.7 Å². The average Bonchev–Trinajstić information content (AvgIpc) is 2.79. The molecule has 3 rings (SSSR count). The van der Waals surface area contributed by atoms with Gasteiger partial charge in [0.05, 0.1) is 11.9 Å². The molecule has 2 aromatic carbocycles. The Bertz CT molecular complexity index is 794. The quantitative estimate of drug-likeness (QED) is 0.188. The SMILES string of the molecule is C=CCCCc1ccc(C=NN=C(c2ccccc2)C2CCC(CC)CC2)cc1.